The first-order valence-electron chi connectivity index (χ1n) is 7.23. The molecule has 0 saturated heterocycles. The van der Waals surface area contributed by atoms with Crippen LogP contribution in [0.3, 0.4) is 0 Å². The summed E-state index contributed by atoms with van der Waals surface area (Å²) < 4.78 is 0. The van der Waals surface area contributed by atoms with Gasteiger partial charge in [-0.3, -0.25) is 0 Å². The molecule has 1 heteroatoms. The van der Waals surface area contributed by atoms with Crippen LogP contribution in [-0.2, 0) is 43.5 Å². The second-order valence-corrected chi connectivity index (χ2v) is 7.47. The van der Waals surface area contributed by atoms with Crippen molar-refractivity contribution in [2.24, 2.45) is 0 Å². The molecule has 0 atom stereocenters. The second-order valence-electron chi connectivity index (χ2n) is 7.47. The normalized spacial score (nSPS) is 11.9. The molecular formula is C20H24Y-2. The maximum atomic E-state index is 3.58. The molecular weight excluding hydrogens is 329 g/mol. The average molecular weight is 353 g/mol. The predicted octanol–water partition coefficient (Wildman–Crippen LogP) is 5.55. The molecule has 0 fully saturated rings. The Bertz CT molecular complexity index is 551. The van der Waals surface area contributed by atoms with Gasteiger partial charge in [-0.2, -0.15) is 36.4 Å². The predicted molar refractivity (Wildman–Crippen MR) is 87.0 cm³/mol. The van der Waals surface area contributed by atoms with E-state index in [0.29, 0.717) is 0 Å². The standard InChI is InChI=1S/C20H24.Y/c1-19(2,3)17-12-16(15-10-8-7-9-11-15)13-18(14-17)20(4,5)6;/h7-10,12,14H,1-6H3;/q-2;. The molecule has 2 aromatic rings. The number of hydrogen-bond acceptors (Lipinski definition) is 0. The van der Waals surface area contributed by atoms with Crippen LogP contribution in [0.25, 0.3) is 11.1 Å². The zero-order valence-corrected chi connectivity index (χ0v) is 16.9. The van der Waals surface area contributed by atoms with E-state index in [9.17, 15) is 0 Å². The van der Waals surface area contributed by atoms with Gasteiger partial charge in [0.2, 0.25) is 0 Å². The van der Waals surface area contributed by atoms with E-state index in [0.717, 1.165) is 11.1 Å². The van der Waals surface area contributed by atoms with Gasteiger partial charge < -0.3 is 0 Å². The van der Waals surface area contributed by atoms with E-state index in [1.54, 1.807) is 0 Å². The minimum atomic E-state index is 0. The monoisotopic (exact) mass is 353 g/mol. The molecule has 0 aliphatic carbocycles. The number of benzene rings is 2. The first kappa shape index (κ1) is 18.6. The van der Waals surface area contributed by atoms with Gasteiger partial charge in [0.15, 0.2) is 0 Å². The first-order chi connectivity index (χ1) is 9.18. The van der Waals surface area contributed by atoms with Crippen molar-refractivity contribution in [3.05, 3.63) is 59.7 Å². The van der Waals surface area contributed by atoms with E-state index >= 15 is 0 Å². The SMILES string of the molecule is CC(C)(C)c1[c-]c(-c2[c-]cccc2)cc(C(C)(C)C)c1.[Y]. The van der Waals surface area contributed by atoms with Crippen LogP contribution in [-0.4, -0.2) is 0 Å². The zero-order chi connectivity index (χ0) is 15.0. The molecule has 0 N–H and O–H groups in total. The Morgan fingerprint density at radius 2 is 1.48 bits per heavy atom. The molecule has 0 heterocycles. The van der Waals surface area contributed by atoms with Gasteiger partial charge in [-0.15, -0.1) is 23.3 Å². The molecule has 0 nitrogen and oxygen atoms in total. The molecule has 0 unspecified atom stereocenters. The fourth-order valence-electron chi connectivity index (χ4n) is 2.11. The van der Waals surface area contributed by atoms with Crippen molar-refractivity contribution in [3.63, 3.8) is 0 Å². The molecule has 21 heavy (non-hydrogen) atoms. The summed E-state index contributed by atoms with van der Waals surface area (Å²) in [5, 5.41) is 0. The summed E-state index contributed by atoms with van der Waals surface area (Å²) >= 11 is 0. The molecule has 1 radical (unpaired) electrons. The van der Waals surface area contributed by atoms with Crippen LogP contribution >= 0.6 is 0 Å². The maximum Gasteiger partial charge on any atom is 0 e. The maximum absolute atomic E-state index is 3.58. The Labute approximate surface area is 155 Å². The van der Waals surface area contributed by atoms with E-state index < -0.39 is 0 Å². The van der Waals surface area contributed by atoms with Crippen molar-refractivity contribution < 1.29 is 32.7 Å². The van der Waals surface area contributed by atoms with E-state index in [1.807, 2.05) is 12.1 Å². The average Bonchev–Trinajstić information content (AvgIpc) is 2.37. The third kappa shape index (κ3) is 4.76. The zero-order valence-electron chi connectivity index (χ0n) is 14.0. The summed E-state index contributed by atoms with van der Waals surface area (Å²) in [5.41, 5.74) is 5.11. The van der Waals surface area contributed by atoms with Crippen LogP contribution in [0.1, 0.15) is 52.7 Å². The van der Waals surface area contributed by atoms with Gasteiger partial charge in [-0.25, -0.2) is 11.1 Å². The molecule has 0 aliphatic rings. The second kappa shape index (κ2) is 6.75. The van der Waals surface area contributed by atoms with Crippen LogP contribution in [0.2, 0.25) is 0 Å². The molecule has 0 aromatic heterocycles. The van der Waals surface area contributed by atoms with Gasteiger partial charge in [-0.05, 0) is 10.8 Å². The first-order valence-corrected chi connectivity index (χ1v) is 7.23. The van der Waals surface area contributed by atoms with Gasteiger partial charge >= 0.3 is 0 Å². The molecule has 0 saturated carbocycles. The summed E-state index contributed by atoms with van der Waals surface area (Å²) in [4.78, 5) is 0. The topological polar surface area (TPSA) is 0 Å². The molecule has 0 amide bonds. The molecule has 109 valence electrons. The molecule has 0 aliphatic heterocycles. The minimum Gasteiger partial charge on any atom is -0.226 e. The van der Waals surface area contributed by atoms with Gasteiger partial charge in [0.05, 0.1) is 0 Å². The fraction of sp³-hybridized carbons (Fsp3) is 0.400. The Hall–Kier alpha value is -0.456. The van der Waals surface area contributed by atoms with Crippen LogP contribution in [0.15, 0.2) is 36.4 Å². The molecule has 0 bridgehead atoms. The largest absolute Gasteiger partial charge is 0.226 e. The van der Waals surface area contributed by atoms with Crippen LogP contribution in [0, 0.1) is 12.1 Å². The fourth-order valence-corrected chi connectivity index (χ4v) is 2.11. The van der Waals surface area contributed by atoms with Gasteiger partial charge in [0.25, 0.3) is 0 Å². The van der Waals surface area contributed by atoms with Crippen molar-refractivity contribution in [1.82, 2.24) is 0 Å². The Morgan fingerprint density at radius 1 is 0.810 bits per heavy atom. The van der Waals surface area contributed by atoms with Crippen molar-refractivity contribution in [3.8, 4) is 11.1 Å². The molecule has 2 rings (SSSR count). The smallest absolute Gasteiger partial charge is 0 e. The van der Waals surface area contributed by atoms with Crippen molar-refractivity contribution in [2.45, 2.75) is 52.4 Å². The van der Waals surface area contributed by atoms with Crippen LogP contribution in [0.4, 0.5) is 0 Å². The minimum absolute atomic E-state index is 0. The quantitative estimate of drug-likeness (QED) is 0.590. The number of rotatable bonds is 1. The van der Waals surface area contributed by atoms with Gasteiger partial charge in [-0.1, -0.05) is 41.5 Å². The Balaban J connectivity index is 0.00000220. The van der Waals surface area contributed by atoms with E-state index in [4.69, 9.17) is 0 Å². The van der Waals surface area contributed by atoms with E-state index in [-0.39, 0.29) is 43.5 Å². The summed E-state index contributed by atoms with van der Waals surface area (Å²) in [6.45, 7) is 13.5. The summed E-state index contributed by atoms with van der Waals surface area (Å²) in [6, 6.07) is 19.6. The Kier molecular flexibility index (Phi) is 5.98. The van der Waals surface area contributed by atoms with Crippen molar-refractivity contribution in [1.29, 1.82) is 0 Å². The van der Waals surface area contributed by atoms with Gasteiger partial charge in [0, 0.05) is 32.7 Å². The number of hydrogen-bond donors (Lipinski definition) is 0. The van der Waals surface area contributed by atoms with Gasteiger partial charge in [0.1, 0.15) is 0 Å². The molecule has 2 aromatic carbocycles. The molecule has 0 spiro atoms. The summed E-state index contributed by atoms with van der Waals surface area (Å²) in [6.07, 6.45) is 0. The Morgan fingerprint density at radius 3 is 1.95 bits per heavy atom. The third-order valence-electron chi connectivity index (χ3n) is 3.54. The van der Waals surface area contributed by atoms with E-state index in [2.05, 4.69) is 77.9 Å². The van der Waals surface area contributed by atoms with Crippen LogP contribution in [0.5, 0.6) is 0 Å². The van der Waals surface area contributed by atoms with Crippen molar-refractivity contribution in [2.75, 3.05) is 0 Å². The summed E-state index contributed by atoms with van der Waals surface area (Å²) in [7, 11) is 0. The summed E-state index contributed by atoms with van der Waals surface area (Å²) in [5.74, 6) is 0. The third-order valence-corrected chi connectivity index (χ3v) is 3.54. The van der Waals surface area contributed by atoms with Crippen LogP contribution < -0.4 is 0 Å². The van der Waals surface area contributed by atoms with E-state index in [1.165, 1.54) is 11.1 Å². The van der Waals surface area contributed by atoms with Crippen molar-refractivity contribution >= 4 is 0 Å².